The molecule has 2 rings (SSSR count). The number of anilines is 1. The molecule has 0 unspecified atom stereocenters. The molecule has 1 aliphatic carbocycles. The summed E-state index contributed by atoms with van der Waals surface area (Å²) in [5.41, 5.74) is 5.94. The van der Waals surface area contributed by atoms with Crippen molar-refractivity contribution in [2.45, 2.75) is 38.7 Å². The third-order valence-corrected chi connectivity index (χ3v) is 3.65. The highest BCUT2D eigenvalue weighted by atomic mass is 127. The van der Waals surface area contributed by atoms with Gasteiger partial charge in [0.2, 0.25) is 0 Å². The molecule has 0 bridgehead atoms. The minimum absolute atomic E-state index is 0. The molecule has 1 saturated carbocycles. The van der Waals surface area contributed by atoms with Crippen molar-refractivity contribution < 1.29 is 14.6 Å². The fraction of sp³-hybridized carbons (Fsp3) is 0.562. The van der Waals surface area contributed by atoms with E-state index in [0.717, 1.165) is 25.0 Å². The van der Waals surface area contributed by atoms with Crippen LogP contribution in [-0.2, 0) is 0 Å². The van der Waals surface area contributed by atoms with Crippen LogP contribution in [0.25, 0.3) is 0 Å². The summed E-state index contributed by atoms with van der Waals surface area (Å²) in [7, 11) is 0. The second-order valence-electron chi connectivity index (χ2n) is 5.43. The van der Waals surface area contributed by atoms with E-state index in [4.69, 9.17) is 15.2 Å². The molecule has 1 fully saturated rings. The Balaban J connectivity index is 0.00000264. The number of nitrogens with zero attached hydrogens (tertiary/aromatic N) is 1. The van der Waals surface area contributed by atoms with Crippen molar-refractivity contribution in [3.05, 3.63) is 18.2 Å². The molecule has 0 amide bonds. The van der Waals surface area contributed by atoms with E-state index in [2.05, 4.69) is 10.3 Å². The minimum Gasteiger partial charge on any atom is -0.494 e. The highest BCUT2D eigenvalue weighted by molar-refractivity contribution is 14.0. The lowest BCUT2D eigenvalue weighted by Gasteiger charge is -2.35. The van der Waals surface area contributed by atoms with E-state index in [-0.39, 0.29) is 29.9 Å². The van der Waals surface area contributed by atoms with Crippen molar-refractivity contribution in [3.63, 3.8) is 0 Å². The van der Waals surface area contributed by atoms with Crippen molar-refractivity contribution in [2.24, 2.45) is 10.7 Å². The van der Waals surface area contributed by atoms with Crippen LogP contribution in [0, 0.1) is 0 Å². The van der Waals surface area contributed by atoms with Gasteiger partial charge in [0.15, 0.2) is 5.96 Å². The molecule has 0 atom stereocenters. The molecule has 0 saturated heterocycles. The van der Waals surface area contributed by atoms with Crippen LogP contribution in [0.5, 0.6) is 11.5 Å². The Bertz CT molecular complexity index is 533. The van der Waals surface area contributed by atoms with Gasteiger partial charge >= 0.3 is 0 Å². The third kappa shape index (κ3) is 5.72. The summed E-state index contributed by atoms with van der Waals surface area (Å²) in [5.74, 6) is 1.68. The Labute approximate surface area is 154 Å². The van der Waals surface area contributed by atoms with Crippen LogP contribution in [0.2, 0.25) is 0 Å². The number of hydrogen-bond acceptors (Lipinski definition) is 4. The summed E-state index contributed by atoms with van der Waals surface area (Å²) in [6.07, 6.45) is 2.62. The lowest BCUT2D eigenvalue weighted by atomic mass is 9.80. The van der Waals surface area contributed by atoms with Gasteiger partial charge in [-0.3, -0.25) is 4.99 Å². The Morgan fingerprint density at radius 3 is 2.57 bits per heavy atom. The highest BCUT2D eigenvalue weighted by Crippen LogP contribution is 2.32. The van der Waals surface area contributed by atoms with Crippen LogP contribution in [0.4, 0.5) is 5.69 Å². The van der Waals surface area contributed by atoms with E-state index < -0.39 is 5.60 Å². The quantitative estimate of drug-likeness (QED) is 0.348. The number of benzene rings is 1. The van der Waals surface area contributed by atoms with E-state index >= 15 is 0 Å². The van der Waals surface area contributed by atoms with E-state index in [0.29, 0.717) is 31.2 Å². The molecule has 1 aromatic rings. The average molecular weight is 435 g/mol. The fourth-order valence-corrected chi connectivity index (χ4v) is 2.30. The number of guanidine groups is 1. The molecule has 0 heterocycles. The van der Waals surface area contributed by atoms with E-state index in [9.17, 15) is 5.11 Å². The normalized spacial score (nSPS) is 16.0. The molecule has 0 spiro atoms. The summed E-state index contributed by atoms with van der Waals surface area (Å²) in [5, 5.41) is 13.1. The van der Waals surface area contributed by atoms with Crippen LogP contribution in [0.1, 0.15) is 33.1 Å². The maximum absolute atomic E-state index is 10.0. The molecule has 23 heavy (non-hydrogen) atoms. The van der Waals surface area contributed by atoms with Gasteiger partial charge in [-0.2, -0.15) is 0 Å². The number of aliphatic hydroxyl groups is 1. The van der Waals surface area contributed by atoms with Gasteiger partial charge in [0.05, 0.1) is 31.0 Å². The summed E-state index contributed by atoms with van der Waals surface area (Å²) < 4.78 is 11.1. The van der Waals surface area contributed by atoms with E-state index in [1.54, 1.807) is 0 Å². The number of nitrogens with one attached hydrogen (secondary N) is 1. The molecule has 0 aliphatic heterocycles. The van der Waals surface area contributed by atoms with Crippen molar-refractivity contribution >= 4 is 35.6 Å². The van der Waals surface area contributed by atoms with Crippen molar-refractivity contribution in [3.8, 4) is 11.5 Å². The Morgan fingerprint density at radius 2 is 2.00 bits per heavy atom. The van der Waals surface area contributed by atoms with Gasteiger partial charge in [0.1, 0.15) is 11.5 Å². The molecule has 0 aromatic heterocycles. The van der Waals surface area contributed by atoms with Crippen LogP contribution < -0.4 is 20.5 Å². The standard InChI is InChI=1S/C16H25N3O3.HI/c1-3-21-12-6-7-14(22-4-2)13(10-12)19-15(17)18-11-16(20)8-5-9-16;/h6-7,10,20H,3-5,8-9,11H2,1-2H3,(H3,17,18,19);1H. The summed E-state index contributed by atoms with van der Waals surface area (Å²) in [4.78, 5) is 4.23. The molecule has 1 aliphatic rings. The Hall–Kier alpha value is -1.22. The minimum atomic E-state index is -0.678. The molecule has 7 heteroatoms. The smallest absolute Gasteiger partial charge is 0.193 e. The highest BCUT2D eigenvalue weighted by Gasteiger charge is 2.34. The molecule has 1 aromatic carbocycles. The SMILES string of the molecule is CCOc1ccc(OCC)c(NC(N)=NCC2(O)CCC2)c1.I. The van der Waals surface area contributed by atoms with Gasteiger partial charge < -0.3 is 25.6 Å². The van der Waals surface area contributed by atoms with Gasteiger partial charge in [-0.05, 0) is 45.2 Å². The predicted octanol–water partition coefficient (Wildman–Crippen LogP) is 2.74. The van der Waals surface area contributed by atoms with Crippen LogP contribution >= 0.6 is 24.0 Å². The first-order chi connectivity index (χ1) is 10.6. The van der Waals surface area contributed by atoms with Crippen LogP contribution in [-0.4, -0.2) is 36.4 Å². The van der Waals surface area contributed by atoms with Crippen molar-refractivity contribution in [1.29, 1.82) is 0 Å². The Kier molecular flexibility index (Phi) is 7.90. The average Bonchev–Trinajstić information content (AvgIpc) is 2.46. The topological polar surface area (TPSA) is 89.1 Å². The number of hydrogen-bond donors (Lipinski definition) is 3. The van der Waals surface area contributed by atoms with Gasteiger partial charge in [-0.25, -0.2) is 0 Å². The van der Waals surface area contributed by atoms with Crippen LogP contribution in [0.15, 0.2) is 23.2 Å². The lowest BCUT2D eigenvalue weighted by Crippen LogP contribution is -2.41. The number of nitrogens with two attached hydrogens (primary N) is 1. The fourth-order valence-electron chi connectivity index (χ4n) is 2.30. The first-order valence-corrected chi connectivity index (χ1v) is 7.75. The third-order valence-electron chi connectivity index (χ3n) is 3.65. The summed E-state index contributed by atoms with van der Waals surface area (Å²) >= 11 is 0. The lowest BCUT2D eigenvalue weighted by molar-refractivity contribution is -0.0235. The summed E-state index contributed by atoms with van der Waals surface area (Å²) in [6, 6.07) is 5.52. The van der Waals surface area contributed by atoms with Gasteiger partial charge in [-0.1, -0.05) is 0 Å². The van der Waals surface area contributed by atoms with E-state index in [1.807, 2.05) is 32.0 Å². The summed E-state index contributed by atoms with van der Waals surface area (Å²) in [6.45, 7) is 5.31. The largest absolute Gasteiger partial charge is 0.494 e. The molecular formula is C16H26IN3O3. The Morgan fingerprint density at radius 1 is 1.30 bits per heavy atom. The zero-order valence-electron chi connectivity index (χ0n) is 13.7. The second kappa shape index (κ2) is 9.17. The molecule has 0 radical (unpaired) electrons. The second-order valence-corrected chi connectivity index (χ2v) is 5.43. The number of ether oxygens (including phenoxy) is 2. The number of aliphatic imine (C=N–C) groups is 1. The van der Waals surface area contributed by atoms with Crippen LogP contribution in [0.3, 0.4) is 0 Å². The molecular weight excluding hydrogens is 409 g/mol. The maximum Gasteiger partial charge on any atom is 0.193 e. The van der Waals surface area contributed by atoms with Crippen molar-refractivity contribution in [2.75, 3.05) is 25.1 Å². The maximum atomic E-state index is 10.0. The molecule has 4 N–H and O–H groups in total. The zero-order chi connectivity index (χ0) is 16.0. The first kappa shape index (κ1) is 19.8. The predicted molar refractivity (Wildman–Crippen MR) is 103 cm³/mol. The molecule has 6 nitrogen and oxygen atoms in total. The van der Waals surface area contributed by atoms with Gasteiger partial charge in [0, 0.05) is 6.07 Å². The molecule has 130 valence electrons. The first-order valence-electron chi connectivity index (χ1n) is 7.75. The van der Waals surface area contributed by atoms with Gasteiger partial charge in [-0.15, -0.1) is 24.0 Å². The zero-order valence-corrected chi connectivity index (χ0v) is 16.0. The van der Waals surface area contributed by atoms with Gasteiger partial charge in [0.25, 0.3) is 0 Å². The monoisotopic (exact) mass is 435 g/mol. The van der Waals surface area contributed by atoms with Crippen molar-refractivity contribution in [1.82, 2.24) is 0 Å². The number of halogens is 1. The van der Waals surface area contributed by atoms with E-state index in [1.165, 1.54) is 0 Å². The number of rotatable bonds is 7.